The summed E-state index contributed by atoms with van der Waals surface area (Å²) in [5.41, 5.74) is 3.23. The van der Waals surface area contributed by atoms with E-state index in [9.17, 15) is 10.1 Å². The van der Waals surface area contributed by atoms with Crippen LogP contribution in [0.25, 0.3) is 0 Å². The van der Waals surface area contributed by atoms with Crippen LogP contribution in [0.1, 0.15) is 16.9 Å². The lowest BCUT2D eigenvalue weighted by atomic mass is 10.1. The third-order valence-electron chi connectivity index (χ3n) is 2.76. The van der Waals surface area contributed by atoms with Crippen molar-refractivity contribution < 1.29 is 9.34 Å². The van der Waals surface area contributed by atoms with Crippen molar-refractivity contribution in [2.75, 3.05) is 5.32 Å². The minimum absolute atomic E-state index is 0.235. The zero-order chi connectivity index (χ0) is 14.0. The van der Waals surface area contributed by atoms with Crippen molar-refractivity contribution in [1.29, 1.82) is 0 Å². The zero-order valence-electron chi connectivity index (χ0n) is 10.6. The van der Waals surface area contributed by atoms with Crippen molar-refractivity contribution in [1.82, 2.24) is 0 Å². The molecule has 1 aromatic carbocycles. The normalized spacial score (nSPS) is 10.5. The van der Waals surface area contributed by atoms with Crippen molar-refractivity contribution in [3.8, 4) is 0 Å². The molecule has 100 valence electrons. The van der Waals surface area contributed by atoms with E-state index in [0.29, 0.717) is 12.3 Å². The number of nitrogens with zero attached hydrogens (tertiary/aromatic N) is 1. The fourth-order valence-corrected chi connectivity index (χ4v) is 2.61. The van der Waals surface area contributed by atoms with Gasteiger partial charge in [0.2, 0.25) is 0 Å². The highest BCUT2D eigenvalue weighted by Gasteiger charge is 2.12. The molecule has 1 heterocycles. The van der Waals surface area contributed by atoms with Crippen molar-refractivity contribution in [2.24, 2.45) is 0 Å². The molecule has 0 saturated heterocycles. The van der Waals surface area contributed by atoms with Gasteiger partial charge in [0.15, 0.2) is 0 Å². The van der Waals surface area contributed by atoms with Crippen LogP contribution in [0.4, 0.5) is 11.6 Å². The van der Waals surface area contributed by atoms with Gasteiger partial charge in [0, 0.05) is 10.2 Å². The lowest BCUT2D eigenvalue weighted by Gasteiger charge is -2.12. The first kappa shape index (κ1) is 13.6. The molecular formula is C13H13BrN2O3. The molecule has 0 aliphatic rings. The quantitative estimate of drug-likeness (QED) is 0.676. The average Bonchev–Trinajstić information content (AvgIpc) is 2.76. The molecule has 6 heteroatoms. The van der Waals surface area contributed by atoms with Gasteiger partial charge < -0.3 is 9.73 Å². The van der Waals surface area contributed by atoms with E-state index in [1.165, 1.54) is 6.07 Å². The van der Waals surface area contributed by atoms with Crippen molar-refractivity contribution in [3.63, 3.8) is 0 Å². The largest absolute Gasteiger partial charge is 0.433 e. The molecule has 0 spiro atoms. The number of hydrogen-bond acceptors (Lipinski definition) is 4. The predicted octanol–water partition coefficient (Wildman–Crippen LogP) is 4.18. The first-order valence-electron chi connectivity index (χ1n) is 5.71. The number of furan rings is 1. The number of aryl methyl sites for hydroxylation is 2. The minimum Gasteiger partial charge on any atom is -0.404 e. The number of halogens is 1. The van der Waals surface area contributed by atoms with Crippen LogP contribution in [0.15, 0.2) is 33.2 Å². The highest BCUT2D eigenvalue weighted by Crippen LogP contribution is 2.26. The van der Waals surface area contributed by atoms with Gasteiger partial charge in [-0.15, -0.1) is 0 Å². The van der Waals surface area contributed by atoms with Crippen LogP contribution in [0.3, 0.4) is 0 Å². The van der Waals surface area contributed by atoms with Gasteiger partial charge in [-0.2, -0.15) is 0 Å². The monoisotopic (exact) mass is 324 g/mol. The molecule has 0 saturated carbocycles. The Kier molecular flexibility index (Phi) is 3.90. The summed E-state index contributed by atoms with van der Waals surface area (Å²) in [6, 6.07) is 6.99. The van der Waals surface area contributed by atoms with Gasteiger partial charge in [0.05, 0.1) is 12.6 Å². The van der Waals surface area contributed by atoms with Crippen LogP contribution < -0.4 is 5.32 Å². The number of rotatable bonds is 4. The van der Waals surface area contributed by atoms with Gasteiger partial charge in [0.25, 0.3) is 0 Å². The van der Waals surface area contributed by atoms with Crippen LogP contribution in [0.2, 0.25) is 0 Å². The Balaban J connectivity index is 2.12. The van der Waals surface area contributed by atoms with Crippen LogP contribution in [-0.2, 0) is 6.54 Å². The molecule has 0 unspecified atom stereocenters. The van der Waals surface area contributed by atoms with E-state index < -0.39 is 4.92 Å². The van der Waals surface area contributed by atoms with Crippen LogP contribution in [0.5, 0.6) is 0 Å². The van der Waals surface area contributed by atoms with Crippen molar-refractivity contribution in [2.45, 2.75) is 20.4 Å². The lowest BCUT2D eigenvalue weighted by Crippen LogP contribution is -2.02. The molecule has 19 heavy (non-hydrogen) atoms. The second kappa shape index (κ2) is 5.44. The maximum Gasteiger partial charge on any atom is 0.433 e. The number of hydrogen-bond donors (Lipinski definition) is 1. The Bertz CT molecular complexity index is 599. The molecule has 1 N–H and O–H groups in total. The molecule has 0 aliphatic heterocycles. The summed E-state index contributed by atoms with van der Waals surface area (Å²) in [4.78, 5) is 9.98. The second-order valence-electron chi connectivity index (χ2n) is 4.27. The smallest absolute Gasteiger partial charge is 0.404 e. The van der Waals surface area contributed by atoms with E-state index in [1.807, 2.05) is 26.0 Å². The molecule has 5 nitrogen and oxygen atoms in total. The highest BCUT2D eigenvalue weighted by atomic mass is 79.9. The molecule has 0 bridgehead atoms. The first-order valence-corrected chi connectivity index (χ1v) is 6.50. The third kappa shape index (κ3) is 3.14. The summed E-state index contributed by atoms with van der Waals surface area (Å²) < 4.78 is 6.13. The van der Waals surface area contributed by atoms with Gasteiger partial charge in [-0.05, 0) is 43.2 Å². The summed E-state index contributed by atoms with van der Waals surface area (Å²) in [5.74, 6) is 0.300. The Morgan fingerprint density at radius 3 is 2.47 bits per heavy atom. The van der Waals surface area contributed by atoms with Gasteiger partial charge in [-0.25, -0.2) is 0 Å². The van der Waals surface area contributed by atoms with E-state index in [4.69, 9.17) is 4.42 Å². The van der Waals surface area contributed by atoms with E-state index >= 15 is 0 Å². The van der Waals surface area contributed by atoms with Gasteiger partial charge >= 0.3 is 5.88 Å². The first-order chi connectivity index (χ1) is 8.97. The fourth-order valence-electron chi connectivity index (χ4n) is 1.92. The molecule has 0 aliphatic carbocycles. The highest BCUT2D eigenvalue weighted by molar-refractivity contribution is 9.10. The second-order valence-corrected chi connectivity index (χ2v) is 5.18. The summed E-state index contributed by atoms with van der Waals surface area (Å²) in [5, 5.41) is 13.8. The number of benzene rings is 1. The zero-order valence-corrected chi connectivity index (χ0v) is 12.2. The predicted molar refractivity (Wildman–Crippen MR) is 76.3 cm³/mol. The third-order valence-corrected chi connectivity index (χ3v) is 3.22. The Morgan fingerprint density at radius 2 is 1.95 bits per heavy atom. The van der Waals surface area contributed by atoms with E-state index in [1.54, 1.807) is 6.07 Å². The topological polar surface area (TPSA) is 68.3 Å². The van der Waals surface area contributed by atoms with E-state index in [-0.39, 0.29) is 5.88 Å². The molecule has 0 fully saturated rings. The molecular weight excluding hydrogens is 312 g/mol. The van der Waals surface area contributed by atoms with Crippen molar-refractivity contribution >= 4 is 27.5 Å². The Morgan fingerprint density at radius 1 is 1.32 bits per heavy atom. The van der Waals surface area contributed by atoms with Crippen molar-refractivity contribution in [3.05, 3.63) is 55.7 Å². The van der Waals surface area contributed by atoms with E-state index in [0.717, 1.165) is 21.3 Å². The van der Waals surface area contributed by atoms with E-state index in [2.05, 4.69) is 21.2 Å². The summed E-state index contributed by atoms with van der Waals surface area (Å²) in [6.07, 6.45) is 0. The molecule has 0 radical (unpaired) electrons. The lowest BCUT2D eigenvalue weighted by molar-refractivity contribution is -0.402. The SMILES string of the molecule is Cc1cc(Br)cc(C)c1NCc1ccc([N+](=O)[O-])o1. The van der Waals surface area contributed by atoms with Crippen LogP contribution >= 0.6 is 15.9 Å². The molecule has 2 rings (SSSR count). The van der Waals surface area contributed by atoms with Crippen LogP contribution in [-0.4, -0.2) is 4.92 Å². The maximum atomic E-state index is 10.5. The number of anilines is 1. The molecule has 0 atom stereocenters. The molecule has 1 aromatic heterocycles. The maximum absolute atomic E-state index is 10.5. The summed E-state index contributed by atoms with van der Waals surface area (Å²) in [6.45, 7) is 4.42. The van der Waals surface area contributed by atoms with Gasteiger partial charge in [-0.3, -0.25) is 10.1 Å². The van der Waals surface area contributed by atoms with Crippen LogP contribution in [0, 0.1) is 24.0 Å². The van der Waals surface area contributed by atoms with Gasteiger partial charge in [0.1, 0.15) is 10.7 Å². The average molecular weight is 325 g/mol. The molecule has 0 amide bonds. The van der Waals surface area contributed by atoms with Gasteiger partial charge in [-0.1, -0.05) is 15.9 Å². The summed E-state index contributed by atoms with van der Waals surface area (Å²) >= 11 is 3.44. The fraction of sp³-hybridized carbons (Fsp3) is 0.231. The minimum atomic E-state index is -0.542. The number of nitrogens with one attached hydrogen (secondary N) is 1. The standard InChI is InChI=1S/C13H13BrN2O3/c1-8-5-10(14)6-9(2)13(8)15-7-11-3-4-12(19-11)16(17)18/h3-6,15H,7H2,1-2H3. The summed E-state index contributed by atoms with van der Waals surface area (Å²) in [7, 11) is 0. The Hall–Kier alpha value is -1.82. The Labute approximate surface area is 118 Å². The molecule has 2 aromatic rings. The number of nitro groups is 1.